The van der Waals surface area contributed by atoms with Crippen LogP contribution >= 0.6 is 0 Å². The van der Waals surface area contributed by atoms with Crippen LogP contribution in [0.1, 0.15) is 36.7 Å². The molecule has 0 spiro atoms. The van der Waals surface area contributed by atoms with Crippen molar-refractivity contribution in [3.63, 3.8) is 0 Å². The fraction of sp³-hybridized carbons (Fsp3) is 0.500. The topological polar surface area (TPSA) is 75.4 Å². The maximum Gasteiger partial charge on any atom is 0.253 e. The molecule has 0 unspecified atom stereocenters. The van der Waals surface area contributed by atoms with E-state index in [9.17, 15) is 9.59 Å². The minimum atomic E-state index is -0.619. The first kappa shape index (κ1) is 17.2. The van der Waals surface area contributed by atoms with E-state index in [-0.39, 0.29) is 17.2 Å². The lowest BCUT2D eigenvalue weighted by atomic mass is 9.87. The summed E-state index contributed by atoms with van der Waals surface area (Å²) in [5.74, 6) is -0.349. The molecule has 5 heteroatoms. The van der Waals surface area contributed by atoms with Gasteiger partial charge in [-0.1, -0.05) is 26.8 Å². The number of benzene rings is 1. The highest BCUT2D eigenvalue weighted by atomic mass is 16.2. The van der Waals surface area contributed by atoms with Gasteiger partial charge >= 0.3 is 0 Å². The number of aryl methyl sites for hydroxylation is 1. The number of nitrogens with one attached hydrogen (secondary N) is 1. The van der Waals surface area contributed by atoms with Crippen LogP contribution in [0, 0.1) is 12.3 Å². The first-order chi connectivity index (χ1) is 9.54. The van der Waals surface area contributed by atoms with Gasteiger partial charge in [0.2, 0.25) is 5.91 Å². The maximum atomic E-state index is 12.1. The zero-order valence-corrected chi connectivity index (χ0v) is 13.7. The summed E-state index contributed by atoms with van der Waals surface area (Å²) in [6.45, 7) is 7.59. The number of nitrogens with zero attached hydrogens (tertiary/aromatic N) is 1. The Hall–Kier alpha value is -1.88. The minimum Gasteiger partial charge on any atom is -0.345 e. The second-order valence-corrected chi connectivity index (χ2v) is 6.56. The standard InChI is InChI=1S/C16H25N3O2/c1-10-7-8-11(9-12(10)15(21)19(5)6)18-14(20)13(17)16(2,3)4/h7-9,13H,17H2,1-6H3,(H,18,20)/t13-/m1/s1. The fourth-order valence-corrected chi connectivity index (χ4v) is 1.78. The Balaban J connectivity index is 2.99. The monoisotopic (exact) mass is 291 g/mol. The summed E-state index contributed by atoms with van der Waals surface area (Å²) in [5, 5.41) is 2.77. The van der Waals surface area contributed by atoms with Gasteiger partial charge in [-0.15, -0.1) is 0 Å². The maximum absolute atomic E-state index is 12.1. The molecule has 0 radical (unpaired) electrons. The summed E-state index contributed by atoms with van der Waals surface area (Å²) >= 11 is 0. The molecule has 0 aliphatic carbocycles. The van der Waals surface area contributed by atoms with Gasteiger partial charge in [0, 0.05) is 25.3 Å². The number of hydrogen-bond acceptors (Lipinski definition) is 3. The van der Waals surface area contributed by atoms with Crippen molar-refractivity contribution in [2.45, 2.75) is 33.7 Å². The molecule has 3 N–H and O–H groups in total. The van der Waals surface area contributed by atoms with Crippen molar-refractivity contribution in [3.8, 4) is 0 Å². The van der Waals surface area contributed by atoms with Crippen molar-refractivity contribution >= 4 is 17.5 Å². The minimum absolute atomic E-state index is 0.0938. The number of rotatable bonds is 3. The summed E-state index contributed by atoms with van der Waals surface area (Å²) in [7, 11) is 3.39. The summed E-state index contributed by atoms with van der Waals surface area (Å²) in [6, 6.07) is 4.65. The molecule has 1 rings (SSSR count). The van der Waals surface area contributed by atoms with Crippen LogP contribution in [0.5, 0.6) is 0 Å². The van der Waals surface area contributed by atoms with Crippen LogP contribution in [-0.2, 0) is 4.79 Å². The largest absolute Gasteiger partial charge is 0.345 e. The molecule has 1 aromatic carbocycles. The van der Waals surface area contributed by atoms with Crippen LogP contribution in [-0.4, -0.2) is 36.9 Å². The molecule has 0 heterocycles. The molecule has 0 saturated carbocycles. The number of nitrogens with two attached hydrogens (primary N) is 1. The molecular weight excluding hydrogens is 266 g/mol. The van der Waals surface area contributed by atoms with Crippen LogP contribution in [0.2, 0.25) is 0 Å². The second kappa shape index (κ2) is 6.26. The van der Waals surface area contributed by atoms with E-state index in [4.69, 9.17) is 5.73 Å². The first-order valence-electron chi connectivity index (χ1n) is 6.92. The number of amides is 2. The molecule has 0 aromatic heterocycles. The lowest BCUT2D eigenvalue weighted by Crippen LogP contribution is -2.45. The normalized spacial score (nSPS) is 12.7. The van der Waals surface area contributed by atoms with Gasteiger partial charge in [-0.25, -0.2) is 0 Å². The molecule has 0 aliphatic heterocycles. The predicted octanol–water partition coefficient (Wildman–Crippen LogP) is 2.01. The van der Waals surface area contributed by atoms with E-state index in [0.29, 0.717) is 11.3 Å². The second-order valence-electron chi connectivity index (χ2n) is 6.56. The summed E-state index contributed by atoms with van der Waals surface area (Å²) in [4.78, 5) is 25.7. The van der Waals surface area contributed by atoms with Crippen LogP contribution in [0.15, 0.2) is 18.2 Å². The summed E-state index contributed by atoms with van der Waals surface area (Å²) < 4.78 is 0. The Bertz CT molecular complexity index is 545. The van der Waals surface area contributed by atoms with E-state index in [1.807, 2.05) is 33.8 Å². The van der Waals surface area contributed by atoms with Gasteiger partial charge < -0.3 is 16.0 Å². The lowest BCUT2D eigenvalue weighted by molar-refractivity contribution is -0.119. The number of carbonyl (C=O) groups excluding carboxylic acids is 2. The third-order valence-corrected chi connectivity index (χ3v) is 3.36. The van der Waals surface area contributed by atoms with E-state index in [1.165, 1.54) is 4.90 Å². The highest BCUT2D eigenvalue weighted by Gasteiger charge is 2.27. The zero-order valence-electron chi connectivity index (χ0n) is 13.7. The molecule has 21 heavy (non-hydrogen) atoms. The molecule has 5 nitrogen and oxygen atoms in total. The van der Waals surface area contributed by atoms with Crippen molar-refractivity contribution in [1.29, 1.82) is 0 Å². The van der Waals surface area contributed by atoms with Gasteiger partial charge in [0.05, 0.1) is 6.04 Å². The van der Waals surface area contributed by atoms with Gasteiger partial charge in [-0.3, -0.25) is 9.59 Å². The smallest absolute Gasteiger partial charge is 0.253 e. The fourth-order valence-electron chi connectivity index (χ4n) is 1.78. The zero-order chi connectivity index (χ0) is 16.4. The molecule has 0 aliphatic rings. The molecule has 2 amide bonds. The lowest BCUT2D eigenvalue weighted by Gasteiger charge is -2.26. The Morgan fingerprint density at radius 3 is 2.29 bits per heavy atom. The molecule has 116 valence electrons. The third kappa shape index (κ3) is 4.29. The summed E-state index contributed by atoms with van der Waals surface area (Å²) in [6.07, 6.45) is 0. The van der Waals surface area contributed by atoms with E-state index >= 15 is 0 Å². The average Bonchev–Trinajstić information content (AvgIpc) is 2.37. The number of anilines is 1. The third-order valence-electron chi connectivity index (χ3n) is 3.36. The highest BCUT2D eigenvalue weighted by Crippen LogP contribution is 2.21. The van der Waals surface area contributed by atoms with Crippen LogP contribution in [0.25, 0.3) is 0 Å². The van der Waals surface area contributed by atoms with Crippen molar-refractivity contribution in [2.75, 3.05) is 19.4 Å². The molecule has 0 saturated heterocycles. The molecule has 0 fully saturated rings. The van der Waals surface area contributed by atoms with Gasteiger partial charge in [0.25, 0.3) is 5.91 Å². The van der Waals surface area contributed by atoms with Crippen LogP contribution in [0.3, 0.4) is 0 Å². The Morgan fingerprint density at radius 2 is 1.81 bits per heavy atom. The van der Waals surface area contributed by atoms with E-state index in [2.05, 4.69) is 5.32 Å². The Morgan fingerprint density at radius 1 is 1.24 bits per heavy atom. The molecule has 1 atom stereocenters. The Kier molecular flexibility index (Phi) is 5.12. The van der Waals surface area contributed by atoms with Crippen molar-refractivity contribution in [3.05, 3.63) is 29.3 Å². The van der Waals surface area contributed by atoms with E-state index in [0.717, 1.165) is 5.56 Å². The number of hydrogen-bond donors (Lipinski definition) is 2. The quantitative estimate of drug-likeness (QED) is 0.894. The van der Waals surface area contributed by atoms with Gasteiger partial charge in [-0.05, 0) is 30.0 Å². The van der Waals surface area contributed by atoms with E-state index in [1.54, 1.807) is 26.2 Å². The highest BCUT2D eigenvalue weighted by molar-refractivity contribution is 5.99. The van der Waals surface area contributed by atoms with E-state index < -0.39 is 6.04 Å². The molecule has 0 bridgehead atoms. The van der Waals surface area contributed by atoms with Gasteiger partial charge in [-0.2, -0.15) is 0 Å². The van der Waals surface area contributed by atoms with Crippen LogP contribution < -0.4 is 11.1 Å². The van der Waals surface area contributed by atoms with Crippen molar-refractivity contribution in [2.24, 2.45) is 11.1 Å². The van der Waals surface area contributed by atoms with Gasteiger partial charge in [0.1, 0.15) is 0 Å². The SMILES string of the molecule is Cc1ccc(NC(=O)[C@@H](N)C(C)(C)C)cc1C(=O)N(C)C. The number of carbonyl (C=O) groups is 2. The summed E-state index contributed by atoms with van der Waals surface area (Å²) in [5.41, 5.74) is 7.63. The van der Waals surface area contributed by atoms with Crippen LogP contribution in [0.4, 0.5) is 5.69 Å². The first-order valence-corrected chi connectivity index (χ1v) is 6.92. The van der Waals surface area contributed by atoms with Crippen molar-refractivity contribution in [1.82, 2.24) is 4.90 Å². The average molecular weight is 291 g/mol. The molecular formula is C16H25N3O2. The van der Waals surface area contributed by atoms with Gasteiger partial charge in [0.15, 0.2) is 0 Å². The Labute approximate surface area is 126 Å². The van der Waals surface area contributed by atoms with Crippen molar-refractivity contribution < 1.29 is 9.59 Å². The molecule has 1 aromatic rings. The predicted molar refractivity (Wildman–Crippen MR) is 85.3 cm³/mol.